The normalized spacial score (nSPS) is 18.5. The van der Waals surface area contributed by atoms with Crippen molar-refractivity contribution in [3.05, 3.63) is 42.7 Å². The third-order valence-electron chi connectivity index (χ3n) is 6.73. The van der Waals surface area contributed by atoms with Crippen molar-refractivity contribution in [3.63, 3.8) is 0 Å². The van der Waals surface area contributed by atoms with Crippen LogP contribution in [0.15, 0.2) is 42.7 Å². The van der Waals surface area contributed by atoms with Crippen LogP contribution >= 0.6 is 13.5 Å². The Hall–Kier alpha value is -2.99. The number of aliphatic hydroxyl groups is 1. The van der Waals surface area contributed by atoms with E-state index in [1.165, 1.54) is 5.69 Å². The fourth-order valence-corrected chi connectivity index (χ4v) is 4.68. The summed E-state index contributed by atoms with van der Waals surface area (Å²) in [5.41, 5.74) is 4.19. The summed E-state index contributed by atoms with van der Waals surface area (Å²) in [5.74, 6) is 0.443. The average molecular weight is 527 g/mol. The van der Waals surface area contributed by atoms with Crippen LogP contribution in [0.3, 0.4) is 0 Å². The lowest BCUT2D eigenvalue weighted by molar-refractivity contribution is -0.137. The van der Waals surface area contributed by atoms with E-state index in [9.17, 15) is 4.79 Å². The van der Waals surface area contributed by atoms with E-state index in [1.807, 2.05) is 6.07 Å². The molecule has 0 radical (unpaired) electrons. The summed E-state index contributed by atoms with van der Waals surface area (Å²) in [6.45, 7) is 8.13. The maximum atomic E-state index is 11.7. The molecule has 1 N–H and O–H groups in total. The summed E-state index contributed by atoms with van der Waals surface area (Å²) in [6.07, 6.45) is 3.06. The molecule has 5 rings (SSSR count). The number of carbonyl (C=O) groups is 1. The maximum absolute atomic E-state index is 11.7. The molecule has 0 bridgehead atoms. The second kappa shape index (κ2) is 12.5. The van der Waals surface area contributed by atoms with Gasteiger partial charge in [-0.05, 0) is 18.2 Å². The third-order valence-corrected chi connectivity index (χ3v) is 6.73. The molecule has 37 heavy (non-hydrogen) atoms. The van der Waals surface area contributed by atoms with E-state index < -0.39 is 0 Å². The second-order valence-corrected chi connectivity index (χ2v) is 9.10. The Morgan fingerprint density at radius 3 is 2.59 bits per heavy atom. The first-order valence-electron chi connectivity index (χ1n) is 12.4. The van der Waals surface area contributed by atoms with Crippen LogP contribution in [0.25, 0.3) is 22.3 Å². The fraction of sp³-hybridized carbons (Fsp3) is 0.462. The Bertz CT molecular complexity index is 1190. The van der Waals surface area contributed by atoms with Crippen molar-refractivity contribution in [2.24, 2.45) is 0 Å². The maximum Gasteiger partial charge on any atom is 0.242 e. The number of aliphatic hydroxyl groups excluding tert-OH is 1. The van der Waals surface area contributed by atoms with Crippen LogP contribution in [0.2, 0.25) is 0 Å². The quantitative estimate of drug-likeness (QED) is 0.491. The molecular weight excluding hydrogens is 492 g/mol. The minimum absolute atomic E-state index is 0. The van der Waals surface area contributed by atoms with Gasteiger partial charge in [-0.1, -0.05) is 12.1 Å². The molecule has 4 heterocycles. The lowest BCUT2D eigenvalue weighted by Crippen LogP contribution is -2.47. The number of hydrogen-bond acceptors (Lipinski definition) is 9. The molecule has 0 aliphatic carbocycles. The second-order valence-electron chi connectivity index (χ2n) is 9.10. The van der Waals surface area contributed by atoms with Gasteiger partial charge in [0.1, 0.15) is 12.7 Å². The van der Waals surface area contributed by atoms with Gasteiger partial charge in [0.05, 0.1) is 31.0 Å². The molecule has 2 fully saturated rings. The van der Waals surface area contributed by atoms with Gasteiger partial charge in [0.2, 0.25) is 11.8 Å². The molecule has 2 saturated heterocycles. The Morgan fingerprint density at radius 2 is 1.86 bits per heavy atom. The molecule has 0 spiro atoms. The number of aromatic nitrogens is 3. The van der Waals surface area contributed by atoms with E-state index in [-0.39, 0.29) is 38.7 Å². The van der Waals surface area contributed by atoms with Crippen LogP contribution in [0.1, 0.15) is 6.92 Å². The molecular formula is C26H34N6O4S. The van der Waals surface area contributed by atoms with Crippen LogP contribution in [0, 0.1) is 0 Å². The summed E-state index contributed by atoms with van der Waals surface area (Å²) < 4.78 is 11.9. The van der Waals surface area contributed by atoms with Crippen molar-refractivity contribution in [2.45, 2.75) is 13.0 Å². The lowest BCUT2D eigenvalue weighted by atomic mass is 10.1. The minimum Gasteiger partial charge on any atom is -0.473 e. The number of pyridine rings is 1. The van der Waals surface area contributed by atoms with Gasteiger partial charge in [-0.3, -0.25) is 14.7 Å². The van der Waals surface area contributed by atoms with Crippen molar-refractivity contribution in [1.82, 2.24) is 24.8 Å². The zero-order valence-corrected chi connectivity index (χ0v) is 22.0. The van der Waals surface area contributed by atoms with Crippen molar-refractivity contribution in [1.29, 1.82) is 0 Å². The number of fused-ring (bicyclic) bond motifs is 1. The monoisotopic (exact) mass is 526 g/mol. The lowest BCUT2D eigenvalue weighted by Gasteiger charge is -2.35. The van der Waals surface area contributed by atoms with E-state index in [2.05, 4.69) is 44.0 Å². The average Bonchev–Trinajstić information content (AvgIpc) is 2.92. The fourth-order valence-electron chi connectivity index (χ4n) is 4.68. The predicted molar refractivity (Wildman–Crippen MR) is 146 cm³/mol. The number of ether oxygens (including phenoxy) is 2. The van der Waals surface area contributed by atoms with Crippen molar-refractivity contribution in [3.8, 4) is 17.1 Å². The summed E-state index contributed by atoms with van der Waals surface area (Å²) >= 11 is 0. The first kappa shape index (κ1) is 27.1. The molecule has 11 heteroatoms. The number of morpholine rings is 1. The number of β-amino-alcohol motifs (C(OH)–C–C–N with tert-alkyl or cyclic N) is 1. The Labute approximate surface area is 223 Å². The van der Waals surface area contributed by atoms with Crippen LogP contribution in [0.4, 0.5) is 5.69 Å². The first-order valence-corrected chi connectivity index (χ1v) is 12.4. The molecule has 2 aliphatic heterocycles. The number of amides is 1. The van der Waals surface area contributed by atoms with E-state index in [1.54, 1.807) is 24.2 Å². The molecule has 3 aromatic rings. The summed E-state index contributed by atoms with van der Waals surface area (Å²) in [5, 5.41) is 9.16. The number of hydrogen-bond donors (Lipinski definition) is 1. The van der Waals surface area contributed by atoms with Gasteiger partial charge in [0, 0.05) is 69.8 Å². The highest BCUT2D eigenvalue weighted by Crippen LogP contribution is 2.29. The minimum atomic E-state index is -0.225. The van der Waals surface area contributed by atoms with Crippen molar-refractivity contribution >= 4 is 36.1 Å². The van der Waals surface area contributed by atoms with E-state index in [0.29, 0.717) is 36.6 Å². The topological polar surface area (TPSA) is 104 Å². The summed E-state index contributed by atoms with van der Waals surface area (Å²) in [7, 11) is 0. The number of benzene rings is 1. The Morgan fingerprint density at radius 1 is 1.11 bits per heavy atom. The van der Waals surface area contributed by atoms with Gasteiger partial charge in [-0.2, -0.15) is 13.5 Å². The van der Waals surface area contributed by atoms with Crippen molar-refractivity contribution in [2.75, 3.05) is 70.5 Å². The van der Waals surface area contributed by atoms with Crippen LogP contribution in [0.5, 0.6) is 5.88 Å². The number of piperazine rings is 1. The standard InChI is InChI=1S/C26H32N6O4.H2S/c1-19(34)32-13-15-35-22(17-32)18-36-26-25-24(27-6-7-28-25)16-23(29-26)20-2-4-21(5-3-20)31-10-8-30(9-11-31)12-14-33;/h2-7,16,22,33H,8-15,17-18H2,1H3;1H2/t22-;/m0./s1. The van der Waals surface area contributed by atoms with Crippen LogP contribution in [-0.4, -0.2) is 108 Å². The van der Waals surface area contributed by atoms with Gasteiger partial charge < -0.3 is 24.4 Å². The SMILES string of the molecule is CC(=O)N1CCO[C@H](COc2nc(-c3ccc(N4CCN(CCO)CC4)cc3)cc3nccnc23)C1.S. The van der Waals surface area contributed by atoms with E-state index >= 15 is 0 Å². The highest BCUT2D eigenvalue weighted by Gasteiger charge is 2.23. The zero-order chi connectivity index (χ0) is 24.9. The molecule has 0 saturated carbocycles. The number of carbonyl (C=O) groups excluding carboxylic acids is 1. The molecule has 1 amide bonds. The van der Waals surface area contributed by atoms with Crippen molar-refractivity contribution < 1.29 is 19.4 Å². The van der Waals surface area contributed by atoms with Gasteiger partial charge in [-0.25, -0.2) is 9.97 Å². The molecule has 2 aliphatic rings. The smallest absolute Gasteiger partial charge is 0.242 e. The van der Waals surface area contributed by atoms with Crippen LogP contribution in [-0.2, 0) is 9.53 Å². The predicted octanol–water partition coefficient (Wildman–Crippen LogP) is 1.55. The molecule has 2 aromatic heterocycles. The molecule has 198 valence electrons. The van der Waals surface area contributed by atoms with Gasteiger partial charge in [0.25, 0.3) is 0 Å². The molecule has 1 atom stereocenters. The Balaban J connectivity index is 0.00000320. The summed E-state index contributed by atoms with van der Waals surface area (Å²) in [6, 6.07) is 10.3. The largest absolute Gasteiger partial charge is 0.473 e. The highest BCUT2D eigenvalue weighted by molar-refractivity contribution is 7.59. The number of nitrogens with zero attached hydrogens (tertiary/aromatic N) is 6. The van der Waals surface area contributed by atoms with Gasteiger partial charge in [0.15, 0.2) is 5.52 Å². The highest BCUT2D eigenvalue weighted by atomic mass is 32.1. The van der Waals surface area contributed by atoms with E-state index in [4.69, 9.17) is 19.6 Å². The Kier molecular flexibility index (Phi) is 9.14. The van der Waals surface area contributed by atoms with Gasteiger partial charge >= 0.3 is 0 Å². The number of anilines is 1. The molecule has 1 aromatic carbocycles. The van der Waals surface area contributed by atoms with Gasteiger partial charge in [-0.15, -0.1) is 0 Å². The molecule has 0 unspecified atom stereocenters. The summed E-state index contributed by atoms with van der Waals surface area (Å²) in [4.78, 5) is 31.8. The van der Waals surface area contributed by atoms with Crippen LogP contribution < -0.4 is 9.64 Å². The third kappa shape index (κ3) is 6.48. The molecule has 10 nitrogen and oxygen atoms in total. The number of rotatable bonds is 7. The zero-order valence-electron chi connectivity index (χ0n) is 21.0. The van der Waals surface area contributed by atoms with E-state index in [0.717, 1.165) is 44.0 Å². The first-order chi connectivity index (χ1) is 17.6.